The van der Waals surface area contributed by atoms with Crippen molar-refractivity contribution in [1.29, 1.82) is 0 Å². The smallest absolute Gasteiger partial charge is 0.282 e. The Morgan fingerprint density at radius 1 is 0.889 bits per heavy atom. The van der Waals surface area contributed by atoms with Crippen molar-refractivity contribution >= 4 is 34.5 Å². The van der Waals surface area contributed by atoms with Crippen molar-refractivity contribution in [2.45, 2.75) is 6.54 Å². The van der Waals surface area contributed by atoms with E-state index < -0.39 is 0 Å². The molecule has 1 saturated heterocycles. The predicted molar refractivity (Wildman–Crippen MR) is 144 cm³/mol. The molecule has 1 amide bonds. The van der Waals surface area contributed by atoms with Crippen LogP contribution in [0.5, 0.6) is 0 Å². The van der Waals surface area contributed by atoms with Crippen molar-refractivity contribution in [1.82, 2.24) is 24.2 Å². The average molecular weight is 514 g/mol. The fourth-order valence-electron chi connectivity index (χ4n) is 4.67. The minimum Gasteiger partial charge on any atom is -0.334 e. The van der Waals surface area contributed by atoms with Crippen LogP contribution in [-0.4, -0.2) is 56.3 Å². The highest BCUT2D eigenvalue weighted by Crippen LogP contribution is 2.29. The van der Waals surface area contributed by atoms with Gasteiger partial charge in [-0.2, -0.15) is 0 Å². The Hall–Kier alpha value is -3.52. The second-order valence-corrected chi connectivity index (χ2v) is 10.2. The molecule has 0 bridgehead atoms. The lowest BCUT2D eigenvalue weighted by molar-refractivity contribution is 0.0626. The van der Waals surface area contributed by atoms with Crippen LogP contribution < -0.4 is 0 Å². The molecular weight excluding hydrogens is 490 g/mol. The fraction of sp³-hybridized carbons (Fsp3) is 0.179. The number of amides is 1. The summed E-state index contributed by atoms with van der Waals surface area (Å²) in [4.78, 5) is 26.2. The van der Waals surface area contributed by atoms with E-state index in [1.54, 1.807) is 6.20 Å². The van der Waals surface area contributed by atoms with E-state index >= 15 is 0 Å². The third kappa shape index (κ3) is 4.53. The van der Waals surface area contributed by atoms with E-state index in [0.717, 1.165) is 47.8 Å². The lowest BCUT2D eigenvalue weighted by Gasteiger charge is -2.34. The van der Waals surface area contributed by atoms with Crippen LogP contribution in [0, 0.1) is 0 Å². The summed E-state index contributed by atoms with van der Waals surface area (Å²) >= 11 is 7.56. The maximum Gasteiger partial charge on any atom is 0.282 e. The summed E-state index contributed by atoms with van der Waals surface area (Å²) < 4.78 is 2.21. The zero-order valence-electron chi connectivity index (χ0n) is 19.5. The van der Waals surface area contributed by atoms with Crippen LogP contribution >= 0.6 is 22.9 Å². The van der Waals surface area contributed by atoms with Crippen molar-refractivity contribution in [3.05, 3.63) is 100 Å². The fourth-order valence-corrected chi connectivity index (χ4v) is 5.40. The number of imidazole rings is 1. The summed E-state index contributed by atoms with van der Waals surface area (Å²) in [7, 11) is 0. The van der Waals surface area contributed by atoms with E-state index in [-0.39, 0.29) is 5.91 Å². The van der Waals surface area contributed by atoms with Gasteiger partial charge in [0.05, 0.1) is 11.4 Å². The highest BCUT2D eigenvalue weighted by atomic mass is 35.5. The van der Waals surface area contributed by atoms with Crippen LogP contribution in [0.15, 0.2) is 84.5 Å². The number of carbonyl (C=O) groups excluding carboxylic acids is 1. The molecular formula is C28H24ClN5OS. The first-order chi connectivity index (χ1) is 17.7. The SMILES string of the molecule is O=C(c1nccs1)N1CCN(Cc2c(-c3ccc(Cl)cc3)nc3ccc(-c4ccccc4)cn23)CC1. The molecule has 2 aromatic carbocycles. The summed E-state index contributed by atoms with van der Waals surface area (Å²) in [5, 5.41) is 3.11. The zero-order valence-corrected chi connectivity index (χ0v) is 21.1. The first-order valence-corrected chi connectivity index (χ1v) is 13.1. The third-order valence-electron chi connectivity index (χ3n) is 6.59. The van der Waals surface area contributed by atoms with E-state index in [2.05, 4.69) is 56.9 Å². The van der Waals surface area contributed by atoms with Crippen LogP contribution in [0.3, 0.4) is 0 Å². The molecule has 0 N–H and O–H groups in total. The lowest BCUT2D eigenvalue weighted by Crippen LogP contribution is -2.48. The van der Waals surface area contributed by atoms with Gasteiger partial charge in [0.25, 0.3) is 5.91 Å². The zero-order chi connectivity index (χ0) is 24.5. The number of rotatable bonds is 5. The molecule has 3 aromatic heterocycles. The number of halogens is 1. The molecule has 8 heteroatoms. The normalized spacial score (nSPS) is 14.4. The van der Waals surface area contributed by atoms with Gasteiger partial charge in [-0.1, -0.05) is 54.1 Å². The summed E-state index contributed by atoms with van der Waals surface area (Å²) in [6.07, 6.45) is 3.86. The minimum atomic E-state index is 0.0220. The molecule has 5 aromatic rings. The van der Waals surface area contributed by atoms with Gasteiger partial charge < -0.3 is 9.30 Å². The van der Waals surface area contributed by atoms with Gasteiger partial charge >= 0.3 is 0 Å². The maximum atomic E-state index is 12.7. The maximum absolute atomic E-state index is 12.7. The number of carbonyl (C=O) groups is 1. The number of hydrogen-bond donors (Lipinski definition) is 0. The molecule has 0 saturated carbocycles. The Labute approximate surface area is 218 Å². The Morgan fingerprint density at radius 3 is 2.36 bits per heavy atom. The van der Waals surface area contributed by atoms with E-state index in [4.69, 9.17) is 16.6 Å². The van der Waals surface area contributed by atoms with Crippen molar-refractivity contribution in [2.75, 3.05) is 26.2 Å². The van der Waals surface area contributed by atoms with E-state index in [1.807, 2.05) is 40.6 Å². The van der Waals surface area contributed by atoms with Gasteiger partial charge in [0, 0.05) is 61.1 Å². The summed E-state index contributed by atoms with van der Waals surface area (Å²) in [6.45, 7) is 3.68. The molecule has 0 radical (unpaired) electrons. The van der Waals surface area contributed by atoms with Gasteiger partial charge in [0.1, 0.15) is 5.65 Å². The number of pyridine rings is 1. The number of aromatic nitrogens is 3. The minimum absolute atomic E-state index is 0.0220. The molecule has 36 heavy (non-hydrogen) atoms. The molecule has 0 aliphatic carbocycles. The topological polar surface area (TPSA) is 53.7 Å². The Kier molecular flexibility index (Phi) is 6.27. The Bertz CT molecular complexity index is 1490. The van der Waals surface area contributed by atoms with Crippen molar-refractivity contribution in [3.8, 4) is 22.4 Å². The molecule has 6 rings (SSSR count). The van der Waals surface area contributed by atoms with Crippen LogP contribution in [0.4, 0.5) is 0 Å². The predicted octanol–water partition coefficient (Wildman–Crippen LogP) is 5.74. The molecule has 1 aliphatic heterocycles. The number of piperazine rings is 1. The molecule has 1 fully saturated rings. The van der Waals surface area contributed by atoms with E-state index in [0.29, 0.717) is 23.1 Å². The average Bonchev–Trinajstić information content (AvgIpc) is 3.58. The molecule has 1 aliphatic rings. The number of thiazole rings is 1. The number of fused-ring (bicyclic) bond motifs is 1. The van der Waals surface area contributed by atoms with E-state index in [9.17, 15) is 4.79 Å². The van der Waals surface area contributed by atoms with Gasteiger partial charge in [-0.25, -0.2) is 9.97 Å². The quantitative estimate of drug-likeness (QED) is 0.301. The summed E-state index contributed by atoms with van der Waals surface area (Å²) in [5.74, 6) is 0.0220. The van der Waals surface area contributed by atoms with Gasteiger partial charge in [-0.3, -0.25) is 9.69 Å². The molecule has 0 unspecified atom stereocenters. The highest BCUT2D eigenvalue weighted by Gasteiger charge is 2.25. The second kappa shape index (κ2) is 9.85. The van der Waals surface area contributed by atoms with Crippen LogP contribution in [-0.2, 0) is 6.54 Å². The third-order valence-corrected chi connectivity index (χ3v) is 7.60. The van der Waals surface area contributed by atoms with Gasteiger partial charge in [0.2, 0.25) is 0 Å². The molecule has 0 atom stereocenters. The second-order valence-electron chi connectivity index (χ2n) is 8.83. The first kappa shape index (κ1) is 22.9. The molecule has 180 valence electrons. The monoisotopic (exact) mass is 513 g/mol. The van der Waals surface area contributed by atoms with Crippen molar-refractivity contribution < 1.29 is 4.79 Å². The molecule has 4 heterocycles. The summed E-state index contributed by atoms with van der Waals surface area (Å²) in [6, 6.07) is 22.4. The first-order valence-electron chi connectivity index (χ1n) is 11.9. The van der Waals surface area contributed by atoms with Crippen LogP contribution in [0.1, 0.15) is 15.5 Å². The summed E-state index contributed by atoms with van der Waals surface area (Å²) in [5.41, 5.74) is 6.34. The lowest BCUT2D eigenvalue weighted by atomic mass is 10.1. The van der Waals surface area contributed by atoms with Gasteiger partial charge in [-0.15, -0.1) is 11.3 Å². The van der Waals surface area contributed by atoms with Crippen LogP contribution in [0.25, 0.3) is 28.0 Å². The molecule has 6 nitrogen and oxygen atoms in total. The largest absolute Gasteiger partial charge is 0.334 e. The standard InChI is InChI=1S/C28H24ClN5OS/c29-23-9-6-21(7-10-23)26-24(19-32-13-15-33(16-14-32)28(35)27-30-12-17-36-27)34-18-22(8-11-25(34)31-26)20-4-2-1-3-5-20/h1-12,17-18H,13-16,19H2. The highest BCUT2D eigenvalue weighted by molar-refractivity contribution is 7.11. The Balaban J connectivity index is 1.32. The van der Waals surface area contributed by atoms with E-state index in [1.165, 1.54) is 16.9 Å². The van der Waals surface area contributed by atoms with Gasteiger partial charge in [0.15, 0.2) is 5.01 Å². The molecule has 0 spiro atoms. The Morgan fingerprint density at radius 2 is 1.64 bits per heavy atom. The van der Waals surface area contributed by atoms with Gasteiger partial charge in [-0.05, 0) is 35.4 Å². The number of nitrogens with zero attached hydrogens (tertiary/aromatic N) is 5. The van der Waals surface area contributed by atoms with Crippen molar-refractivity contribution in [3.63, 3.8) is 0 Å². The number of benzene rings is 2. The van der Waals surface area contributed by atoms with Crippen molar-refractivity contribution in [2.24, 2.45) is 0 Å². The number of hydrogen-bond acceptors (Lipinski definition) is 5. The van der Waals surface area contributed by atoms with Crippen LogP contribution in [0.2, 0.25) is 5.02 Å².